The first-order chi connectivity index (χ1) is 18.6. The zero-order valence-corrected chi connectivity index (χ0v) is 20.1. The number of benzene rings is 3. The molecule has 3 aromatic carbocycles. The van der Waals surface area contributed by atoms with E-state index in [1.54, 1.807) is 66.7 Å². The molecule has 0 fully saturated rings. The van der Waals surface area contributed by atoms with E-state index >= 15 is 0 Å². The minimum Gasteiger partial charge on any atom is -0.491 e. The predicted octanol–water partition coefficient (Wildman–Crippen LogP) is 3.59. The van der Waals surface area contributed by atoms with Crippen LogP contribution in [-0.4, -0.2) is 48.4 Å². The van der Waals surface area contributed by atoms with E-state index in [1.807, 2.05) is 6.07 Å². The van der Waals surface area contributed by atoms with Crippen LogP contribution in [0, 0.1) is 0 Å². The summed E-state index contributed by atoms with van der Waals surface area (Å²) in [4.78, 5) is 24.8. The summed E-state index contributed by atoms with van der Waals surface area (Å²) in [7, 11) is 0. The van der Waals surface area contributed by atoms with Crippen LogP contribution in [0.15, 0.2) is 84.9 Å². The summed E-state index contributed by atoms with van der Waals surface area (Å²) < 4.78 is 28.1. The average molecular weight is 523 g/mol. The van der Waals surface area contributed by atoms with Crippen molar-refractivity contribution >= 4 is 17.7 Å². The molecule has 1 aliphatic rings. The number of hydroxylamine groups is 1. The molecule has 38 heavy (non-hydrogen) atoms. The summed E-state index contributed by atoms with van der Waals surface area (Å²) in [6.45, 7) is -0.0206. The van der Waals surface area contributed by atoms with Crippen LogP contribution >= 0.6 is 0 Å². The monoisotopic (exact) mass is 522 g/mol. The largest absolute Gasteiger partial charge is 0.491 e. The van der Waals surface area contributed by atoms with Gasteiger partial charge in [0.25, 0.3) is 5.91 Å². The van der Waals surface area contributed by atoms with E-state index in [1.165, 1.54) is 11.6 Å². The number of hydrogen-bond acceptors (Lipinski definition) is 9. The molecule has 0 aromatic heterocycles. The lowest BCUT2D eigenvalue weighted by molar-refractivity contribution is -0.124. The van der Waals surface area contributed by atoms with E-state index in [0.29, 0.717) is 34.2 Å². The highest BCUT2D eigenvalue weighted by Crippen LogP contribution is 2.35. The third kappa shape index (κ3) is 7.15. The molecule has 0 unspecified atom stereocenters. The number of hydrogen-bond donors (Lipinski definition) is 4. The van der Waals surface area contributed by atoms with Gasteiger partial charge in [-0.15, -0.1) is 0 Å². The van der Waals surface area contributed by atoms with Crippen LogP contribution in [0.25, 0.3) is 0 Å². The second-order valence-electron chi connectivity index (χ2n) is 7.89. The Morgan fingerprint density at radius 1 is 0.974 bits per heavy atom. The number of fused-ring (bicyclic) bond motifs is 1. The number of anilines is 1. The summed E-state index contributed by atoms with van der Waals surface area (Å²) in [5.74, 6) is 1.12. The molecule has 1 heterocycles. The van der Waals surface area contributed by atoms with Gasteiger partial charge < -0.3 is 28.8 Å². The molecule has 0 saturated heterocycles. The fraction of sp³-hybridized carbons (Fsp3) is 0.185. The Balaban J connectivity index is 1.64. The standard InChI is InChI=1S/C27H26N2O9/c30-13-14-34-21-8-4-5-18(15-21)26(23(11-12-25(31)29-33)37-20-6-2-1-3-7-20)38-27(32)28-19-9-10-22-24(16-19)36-17-35-22/h1-12,15-16,23,26,30,33H,13-14,17H2,(H,28,32)(H,29,31)/b12-11+/t23-,26-/m1/s1. The number of aliphatic hydroxyl groups excluding tert-OH is 1. The Hall–Kier alpha value is -4.74. The molecule has 1 aliphatic heterocycles. The normalized spacial score (nSPS) is 13.4. The maximum atomic E-state index is 13.0. The smallest absolute Gasteiger partial charge is 0.412 e. The lowest BCUT2D eigenvalue weighted by Gasteiger charge is -2.26. The van der Waals surface area contributed by atoms with Crippen molar-refractivity contribution in [1.82, 2.24) is 5.48 Å². The molecular weight excluding hydrogens is 496 g/mol. The second-order valence-corrected chi connectivity index (χ2v) is 7.89. The predicted molar refractivity (Wildman–Crippen MR) is 134 cm³/mol. The Kier molecular flexibility index (Phi) is 9.00. The summed E-state index contributed by atoms with van der Waals surface area (Å²) in [6, 6.07) is 20.4. The number of carbonyl (C=O) groups is 2. The molecule has 4 rings (SSSR count). The van der Waals surface area contributed by atoms with Crippen molar-refractivity contribution in [2.24, 2.45) is 0 Å². The highest BCUT2D eigenvalue weighted by atomic mass is 16.7. The lowest BCUT2D eigenvalue weighted by Crippen LogP contribution is -2.30. The Morgan fingerprint density at radius 2 is 1.76 bits per heavy atom. The maximum absolute atomic E-state index is 13.0. The van der Waals surface area contributed by atoms with E-state index in [4.69, 9.17) is 34.0 Å². The van der Waals surface area contributed by atoms with E-state index < -0.39 is 24.2 Å². The van der Waals surface area contributed by atoms with Gasteiger partial charge >= 0.3 is 6.09 Å². The molecule has 0 saturated carbocycles. The number of ether oxygens (including phenoxy) is 5. The van der Waals surface area contributed by atoms with E-state index in [0.717, 1.165) is 6.08 Å². The van der Waals surface area contributed by atoms with Crippen molar-refractivity contribution < 1.29 is 43.6 Å². The van der Waals surface area contributed by atoms with Gasteiger partial charge in [0.1, 0.15) is 18.1 Å². The molecular formula is C27H26N2O9. The Bertz CT molecular complexity index is 1270. The first-order valence-corrected chi connectivity index (χ1v) is 11.6. The minimum absolute atomic E-state index is 0.0695. The Morgan fingerprint density at radius 3 is 2.55 bits per heavy atom. The number of aliphatic hydroxyl groups is 1. The molecule has 0 aliphatic carbocycles. The molecule has 11 heteroatoms. The van der Waals surface area contributed by atoms with Gasteiger partial charge in [0.05, 0.1) is 6.61 Å². The third-order valence-corrected chi connectivity index (χ3v) is 5.26. The fourth-order valence-corrected chi connectivity index (χ4v) is 3.58. The number of amides is 2. The first-order valence-electron chi connectivity index (χ1n) is 11.6. The number of carbonyl (C=O) groups excluding carboxylic acids is 2. The molecule has 4 N–H and O–H groups in total. The SMILES string of the molecule is O=C(/C=C/[C@@H](Oc1ccccc1)[C@H](OC(=O)Nc1ccc2c(c1)OCO2)c1cccc(OCCO)c1)NO. The molecule has 3 aromatic rings. The molecule has 0 bridgehead atoms. The summed E-state index contributed by atoms with van der Waals surface area (Å²) in [6.07, 6.45) is -0.475. The van der Waals surface area contributed by atoms with Gasteiger partial charge in [-0.05, 0) is 42.5 Å². The number of nitrogens with one attached hydrogen (secondary N) is 2. The summed E-state index contributed by atoms with van der Waals surface area (Å²) >= 11 is 0. The quantitative estimate of drug-likeness (QED) is 0.169. The van der Waals surface area contributed by atoms with Gasteiger partial charge in [-0.25, -0.2) is 10.3 Å². The van der Waals surface area contributed by atoms with Crippen LogP contribution in [0.1, 0.15) is 11.7 Å². The zero-order chi connectivity index (χ0) is 26.7. The number of para-hydroxylation sites is 1. The molecule has 11 nitrogen and oxygen atoms in total. The number of rotatable bonds is 11. The lowest BCUT2D eigenvalue weighted by atomic mass is 10.0. The van der Waals surface area contributed by atoms with Crippen LogP contribution in [0.5, 0.6) is 23.0 Å². The fourth-order valence-electron chi connectivity index (χ4n) is 3.58. The molecule has 0 spiro atoms. The molecule has 2 atom stereocenters. The summed E-state index contributed by atoms with van der Waals surface area (Å²) in [5, 5.41) is 20.7. The van der Waals surface area contributed by atoms with Gasteiger partial charge in [-0.1, -0.05) is 30.3 Å². The van der Waals surface area contributed by atoms with Crippen LogP contribution in [0.4, 0.5) is 10.5 Å². The van der Waals surface area contributed by atoms with Crippen molar-refractivity contribution in [1.29, 1.82) is 0 Å². The topological polar surface area (TPSA) is 145 Å². The van der Waals surface area contributed by atoms with Gasteiger partial charge in [0, 0.05) is 23.4 Å². The van der Waals surface area contributed by atoms with Crippen LogP contribution in [0.3, 0.4) is 0 Å². The van der Waals surface area contributed by atoms with E-state index in [2.05, 4.69) is 5.32 Å². The zero-order valence-electron chi connectivity index (χ0n) is 20.1. The van der Waals surface area contributed by atoms with Crippen LogP contribution in [0.2, 0.25) is 0 Å². The maximum Gasteiger partial charge on any atom is 0.412 e. The van der Waals surface area contributed by atoms with Gasteiger partial charge in [0.2, 0.25) is 6.79 Å². The average Bonchev–Trinajstić information content (AvgIpc) is 3.41. The Labute approximate surface area is 218 Å². The molecule has 198 valence electrons. The molecule has 0 radical (unpaired) electrons. The highest BCUT2D eigenvalue weighted by molar-refractivity contribution is 5.87. The van der Waals surface area contributed by atoms with Crippen LogP contribution in [-0.2, 0) is 9.53 Å². The van der Waals surface area contributed by atoms with Gasteiger partial charge in [-0.2, -0.15) is 0 Å². The van der Waals surface area contributed by atoms with E-state index in [9.17, 15) is 9.59 Å². The summed E-state index contributed by atoms with van der Waals surface area (Å²) in [5.41, 5.74) is 2.42. The van der Waals surface area contributed by atoms with Crippen molar-refractivity contribution in [2.45, 2.75) is 12.2 Å². The van der Waals surface area contributed by atoms with Gasteiger partial charge in [0.15, 0.2) is 23.7 Å². The van der Waals surface area contributed by atoms with Crippen molar-refractivity contribution in [2.75, 3.05) is 25.3 Å². The first kappa shape index (κ1) is 26.3. The van der Waals surface area contributed by atoms with Crippen molar-refractivity contribution in [3.63, 3.8) is 0 Å². The third-order valence-electron chi connectivity index (χ3n) is 5.26. The minimum atomic E-state index is -1.08. The van der Waals surface area contributed by atoms with Crippen molar-refractivity contribution in [3.8, 4) is 23.0 Å². The second kappa shape index (κ2) is 13.0. The molecule has 2 amide bonds. The van der Waals surface area contributed by atoms with Gasteiger partial charge in [-0.3, -0.25) is 15.3 Å². The highest BCUT2D eigenvalue weighted by Gasteiger charge is 2.28. The van der Waals surface area contributed by atoms with Crippen LogP contribution < -0.4 is 29.7 Å². The van der Waals surface area contributed by atoms with E-state index in [-0.39, 0.29) is 20.0 Å². The van der Waals surface area contributed by atoms with Crippen molar-refractivity contribution in [3.05, 3.63) is 90.5 Å².